The van der Waals surface area contributed by atoms with E-state index >= 15 is 0 Å². The van der Waals surface area contributed by atoms with Crippen LogP contribution in [0.2, 0.25) is 10.0 Å². The minimum atomic E-state index is 0.740. The minimum absolute atomic E-state index is 0.740. The molecule has 8 heteroatoms. The van der Waals surface area contributed by atoms with Gasteiger partial charge in [-0.15, -0.1) is 0 Å². The molecule has 0 amide bonds. The zero-order valence-electron chi connectivity index (χ0n) is 14.2. The van der Waals surface area contributed by atoms with Crippen LogP contribution in [-0.4, -0.2) is 19.6 Å². The highest BCUT2D eigenvalue weighted by Crippen LogP contribution is 2.24. The van der Waals surface area contributed by atoms with Crippen LogP contribution in [0.25, 0.3) is 21.8 Å². The van der Waals surface area contributed by atoms with Crippen LogP contribution in [0.1, 0.15) is 13.8 Å². The Hall–Kier alpha value is -0.580. The van der Waals surface area contributed by atoms with Gasteiger partial charge in [-0.25, -0.2) is 0 Å². The van der Waals surface area contributed by atoms with Crippen molar-refractivity contribution in [2.45, 2.75) is 26.9 Å². The van der Waals surface area contributed by atoms with Crippen LogP contribution in [0.15, 0.2) is 36.4 Å². The van der Waals surface area contributed by atoms with Crippen LogP contribution >= 0.6 is 68.4 Å². The van der Waals surface area contributed by atoms with Crippen molar-refractivity contribution in [1.82, 2.24) is 19.6 Å². The zero-order valence-corrected chi connectivity index (χ0v) is 20.0. The lowest BCUT2D eigenvalue weighted by Crippen LogP contribution is -1.97. The van der Waals surface area contributed by atoms with E-state index in [1.807, 2.05) is 45.8 Å². The molecule has 0 bridgehead atoms. The third-order valence-corrected chi connectivity index (χ3v) is 6.31. The van der Waals surface area contributed by atoms with Crippen LogP contribution < -0.4 is 0 Å². The maximum atomic E-state index is 5.91. The zero-order chi connectivity index (χ0) is 18.8. The van der Waals surface area contributed by atoms with Gasteiger partial charge in [-0.05, 0) is 95.4 Å². The van der Waals surface area contributed by atoms with E-state index in [9.17, 15) is 0 Å². The highest BCUT2D eigenvalue weighted by molar-refractivity contribution is 14.1. The van der Waals surface area contributed by atoms with E-state index in [1.165, 1.54) is 14.5 Å². The van der Waals surface area contributed by atoms with Gasteiger partial charge in [0.2, 0.25) is 0 Å². The van der Waals surface area contributed by atoms with Crippen molar-refractivity contribution in [2.75, 3.05) is 0 Å². The van der Waals surface area contributed by atoms with Crippen molar-refractivity contribution in [1.29, 1.82) is 0 Å². The van der Waals surface area contributed by atoms with E-state index in [2.05, 4.69) is 69.2 Å². The first-order valence-electron chi connectivity index (χ1n) is 8.07. The standard InChI is InChI=1S/2C9H8ClIN2/c1-2-13-8-5-6(10)3-4-7(8)9(11)12-13;1-2-13-9(11)7-4-3-6(10)5-8(7)12-13/h2*3-5H,2H2,1H3. The lowest BCUT2D eigenvalue weighted by Gasteiger charge is -1.97. The van der Waals surface area contributed by atoms with Crippen LogP contribution in [0.4, 0.5) is 0 Å². The summed E-state index contributed by atoms with van der Waals surface area (Å²) < 4.78 is 6.14. The average molecular weight is 613 g/mol. The van der Waals surface area contributed by atoms with Gasteiger partial charge in [0, 0.05) is 33.9 Å². The second-order valence-corrected chi connectivity index (χ2v) is 8.45. The predicted molar refractivity (Wildman–Crippen MR) is 126 cm³/mol. The number of hydrogen-bond donors (Lipinski definition) is 0. The molecule has 0 unspecified atom stereocenters. The molecule has 0 atom stereocenters. The molecule has 0 radical (unpaired) electrons. The number of aromatic nitrogens is 4. The fourth-order valence-electron chi connectivity index (χ4n) is 2.63. The first kappa shape index (κ1) is 20.2. The Labute approximate surface area is 189 Å². The molecule has 0 aliphatic rings. The van der Waals surface area contributed by atoms with Gasteiger partial charge in [-0.1, -0.05) is 23.2 Å². The number of aryl methyl sites for hydroxylation is 2. The van der Waals surface area contributed by atoms with Gasteiger partial charge in [0.25, 0.3) is 0 Å². The van der Waals surface area contributed by atoms with E-state index in [-0.39, 0.29) is 0 Å². The number of hydrogen-bond acceptors (Lipinski definition) is 2. The molecule has 0 saturated heterocycles. The van der Waals surface area contributed by atoms with Crippen molar-refractivity contribution in [3.63, 3.8) is 0 Å². The molecule has 2 heterocycles. The largest absolute Gasteiger partial charge is 0.264 e. The molecule has 0 spiro atoms. The van der Waals surface area contributed by atoms with E-state index in [0.29, 0.717) is 0 Å². The van der Waals surface area contributed by atoms with Gasteiger partial charge < -0.3 is 0 Å². The molecule has 0 N–H and O–H groups in total. The predicted octanol–water partition coefficient (Wildman–Crippen LogP) is 6.63. The first-order valence-corrected chi connectivity index (χ1v) is 11.0. The second-order valence-electron chi connectivity index (χ2n) is 5.54. The monoisotopic (exact) mass is 612 g/mol. The topological polar surface area (TPSA) is 35.6 Å². The number of benzene rings is 2. The molecule has 0 aliphatic heterocycles. The number of fused-ring (bicyclic) bond motifs is 2. The van der Waals surface area contributed by atoms with Gasteiger partial charge in [0.15, 0.2) is 0 Å². The summed E-state index contributed by atoms with van der Waals surface area (Å²) in [5, 5.41) is 12.7. The Bertz CT molecular complexity index is 1070. The average Bonchev–Trinajstić information content (AvgIpc) is 3.11. The molecule has 0 fully saturated rings. The molecule has 4 nitrogen and oxygen atoms in total. The smallest absolute Gasteiger partial charge is 0.131 e. The van der Waals surface area contributed by atoms with Crippen molar-refractivity contribution < 1.29 is 0 Å². The van der Waals surface area contributed by atoms with Gasteiger partial charge in [-0.3, -0.25) is 9.36 Å². The third kappa shape index (κ3) is 4.13. The summed E-state index contributed by atoms with van der Waals surface area (Å²) >= 11 is 16.3. The molecular weight excluding hydrogens is 597 g/mol. The van der Waals surface area contributed by atoms with Crippen molar-refractivity contribution in [3.8, 4) is 0 Å². The third-order valence-electron chi connectivity index (χ3n) is 3.90. The summed E-state index contributed by atoms with van der Waals surface area (Å²) in [4.78, 5) is 0. The first-order chi connectivity index (χ1) is 12.4. The van der Waals surface area contributed by atoms with Gasteiger partial charge in [0.05, 0.1) is 11.0 Å². The van der Waals surface area contributed by atoms with Crippen LogP contribution in [0.5, 0.6) is 0 Å². The highest BCUT2D eigenvalue weighted by Gasteiger charge is 2.07. The Morgan fingerprint density at radius 1 is 0.846 bits per heavy atom. The maximum absolute atomic E-state index is 5.91. The highest BCUT2D eigenvalue weighted by atomic mass is 127. The van der Waals surface area contributed by atoms with Gasteiger partial charge >= 0.3 is 0 Å². The Morgan fingerprint density at radius 3 is 2.12 bits per heavy atom. The van der Waals surface area contributed by atoms with Crippen molar-refractivity contribution in [2.24, 2.45) is 0 Å². The molecular formula is C18H16Cl2I2N4. The van der Waals surface area contributed by atoms with Crippen molar-refractivity contribution in [3.05, 3.63) is 53.8 Å². The summed E-state index contributed by atoms with van der Waals surface area (Å²) in [6, 6.07) is 11.7. The summed E-state index contributed by atoms with van der Waals surface area (Å²) in [6.45, 7) is 5.92. The van der Waals surface area contributed by atoms with E-state index in [0.717, 1.165) is 37.9 Å². The quantitative estimate of drug-likeness (QED) is 0.238. The molecule has 0 aliphatic carbocycles. The molecule has 4 rings (SSSR count). The lowest BCUT2D eigenvalue weighted by atomic mass is 10.2. The van der Waals surface area contributed by atoms with Crippen LogP contribution in [-0.2, 0) is 13.1 Å². The van der Waals surface area contributed by atoms with Crippen LogP contribution in [0.3, 0.4) is 0 Å². The Morgan fingerprint density at radius 2 is 1.46 bits per heavy atom. The molecule has 2 aromatic carbocycles. The molecule has 0 saturated carbocycles. The maximum Gasteiger partial charge on any atom is 0.131 e. The molecule has 26 heavy (non-hydrogen) atoms. The number of rotatable bonds is 2. The summed E-state index contributed by atoms with van der Waals surface area (Å²) in [6.07, 6.45) is 0. The summed E-state index contributed by atoms with van der Waals surface area (Å²) in [5.74, 6) is 0. The lowest BCUT2D eigenvalue weighted by molar-refractivity contribution is 0.652. The Balaban J connectivity index is 0.000000151. The van der Waals surface area contributed by atoms with Crippen molar-refractivity contribution >= 4 is 90.2 Å². The Kier molecular flexibility index (Phi) is 6.68. The van der Waals surface area contributed by atoms with E-state index in [1.54, 1.807) is 0 Å². The van der Waals surface area contributed by atoms with Gasteiger partial charge in [-0.2, -0.15) is 10.2 Å². The normalized spacial score (nSPS) is 11.0. The summed E-state index contributed by atoms with van der Waals surface area (Å²) in [7, 11) is 0. The molecule has 2 aromatic heterocycles. The number of halogens is 4. The molecule has 4 aromatic rings. The summed E-state index contributed by atoms with van der Waals surface area (Å²) in [5.41, 5.74) is 2.08. The van der Waals surface area contributed by atoms with E-state index in [4.69, 9.17) is 23.2 Å². The fourth-order valence-corrected chi connectivity index (χ4v) is 4.59. The molecule has 136 valence electrons. The minimum Gasteiger partial charge on any atom is -0.264 e. The van der Waals surface area contributed by atoms with Crippen LogP contribution in [0, 0.1) is 7.40 Å². The second kappa shape index (κ2) is 8.62. The SMILES string of the molecule is CCn1nc(I)c2ccc(Cl)cc21.CCn1nc2cc(Cl)ccc2c1I. The van der Waals surface area contributed by atoms with Gasteiger partial charge in [0.1, 0.15) is 7.40 Å². The fraction of sp³-hybridized carbons (Fsp3) is 0.222. The van der Waals surface area contributed by atoms with E-state index < -0.39 is 0 Å². The number of nitrogens with zero attached hydrogens (tertiary/aromatic N) is 4.